The van der Waals surface area contributed by atoms with Crippen LogP contribution >= 0.6 is 28.3 Å². The van der Waals surface area contributed by atoms with Crippen LogP contribution in [0.3, 0.4) is 0 Å². The van der Waals surface area contributed by atoms with Gasteiger partial charge in [-0.2, -0.15) is 0 Å². The second-order valence-corrected chi connectivity index (χ2v) is 5.56. The molecule has 1 fully saturated rings. The molecule has 1 aliphatic heterocycles. The van der Waals surface area contributed by atoms with Crippen LogP contribution in [0, 0.1) is 0 Å². The lowest BCUT2D eigenvalue weighted by molar-refractivity contribution is 0.140. The van der Waals surface area contributed by atoms with Crippen molar-refractivity contribution in [2.24, 2.45) is 0 Å². The largest absolute Gasteiger partial charge is 0.497 e. The van der Waals surface area contributed by atoms with Crippen molar-refractivity contribution in [3.63, 3.8) is 0 Å². The molecule has 2 rings (SSSR count). The first-order valence-corrected chi connectivity index (χ1v) is 7.44. The van der Waals surface area contributed by atoms with Crippen LogP contribution in [0.1, 0.15) is 18.0 Å². The van der Waals surface area contributed by atoms with E-state index in [0.29, 0.717) is 0 Å². The predicted octanol–water partition coefficient (Wildman–Crippen LogP) is 2.21. The van der Waals surface area contributed by atoms with Crippen molar-refractivity contribution in [3.8, 4) is 5.75 Å². The lowest BCUT2D eigenvalue weighted by atomic mass is 10.0. The minimum atomic E-state index is 0. The number of piperazine rings is 1. The Labute approximate surface area is 135 Å². The van der Waals surface area contributed by atoms with Crippen LogP contribution < -0.4 is 10.1 Å². The molecule has 0 amide bonds. The summed E-state index contributed by atoms with van der Waals surface area (Å²) in [6, 6.07) is 6.26. The number of halogens is 2. The maximum absolute atomic E-state index is 9.36. The summed E-state index contributed by atoms with van der Waals surface area (Å²) in [6.45, 7) is 4.22. The van der Waals surface area contributed by atoms with Crippen LogP contribution in [0.2, 0.25) is 0 Å². The topological polar surface area (TPSA) is 44.7 Å². The maximum Gasteiger partial charge on any atom is 0.119 e. The zero-order valence-electron chi connectivity index (χ0n) is 11.6. The standard InChI is InChI=1S/C14H21BrN2O2.ClH/c1-19-11-2-3-13(15)12(10-11)14(4-9-18)17-7-5-16-6-8-17;/h2-3,10,14,16,18H,4-9H2,1H3;1H/t14-;/m1./s1. The number of ether oxygens (including phenoxy) is 1. The zero-order chi connectivity index (χ0) is 13.7. The molecular formula is C14H22BrClN2O2. The number of hydrogen-bond acceptors (Lipinski definition) is 4. The molecule has 4 nitrogen and oxygen atoms in total. The van der Waals surface area contributed by atoms with Gasteiger partial charge < -0.3 is 15.2 Å². The molecule has 1 aliphatic rings. The van der Waals surface area contributed by atoms with Gasteiger partial charge in [-0.3, -0.25) is 4.90 Å². The van der Waals surface area contributed by atoms with Crippen molar-refractivity contribution in [2.75, 3.05) is 39.9 Å². The Hall–Kier alpha value is -0.330. The van der Waals surface area contributed by atoms with Gasteiger partial charge in [-0.15, -0.1) is 12.4 Å². The van der Waals surface area contributed by atoms with Crippen molar-refractivity contribution < 1.29 is 9.84 Å². The second-order valence-electron chi connectivity index (χ2n) is 4.70. The normalized spacial score (nSPS) is 17.4. The monoisotopic (exact) mass is 364 g/mol. The fourth-order valence-corrected chi connectivity index (χ4v) is 3.07. The fourth-order valence-electron chi connectivity index (χ4n) is 2.56. The highest BCUT2D eigenvalue weighted by Crippen LogP contribution is 2.33. The summed E-state index contributed by atoms with van der Waals surface area (Å²) in [5.41, 5.74) is 1.19. The molecule has 1 heterocycles. The zero-order valence-corrected chi connectivity index (χ0v) is 14.0. The van der Waals surface area contributed by atoms with Crippen molar-refractivity contribution in [3.05, 3.63) is 28.2 Å². The van der Waals surface area contributed by atoms with Gasteiger partial charge in [0.05, 0.1) is 7.11 Å². The van der Waals surface area contributed by atoms with Crippen LogP contribution in [0.15, 0.2) is 22.7 Å². The summed E-state index contributed by atoms with van der Waals surface area (Å²) < 4.78 is 6.39. The molecule has 0 unspecified atom stereocenters. The van der Waals surface area contributed by atoms with Gasteiger partial charge in [0, 0.05) is 43.3 Å². The number of nitrogens with zero attached hydrogens (tertiary/aromatic N) is 1. The number of methoxy groups -OCH3 is 1. The van der Waals surface area contributed by atoms with Crippen LogP contribution in [0.5, 0.6) is 5.75 Å². The number of benzene rings is 1. The van der Waals surface area contributed by atoms with Gasteiger partial charge in [0.1, 0.15) is 5.75 Å². The Morgan fingerprint density at radius 2 is 2.10 bits per heavy atom. The third-order valence-electron chi connectivity index (χ3n) is 3.56. The molecule has 20 heavy (non-hydrogen) atoms. The minimum absolute atomic E-state index is 0. The van der Waals surface area contributed by atoms with Gasteiger partial charge in [0.2, 0.25) is 0 Å². The Morgan fingerprint density at radius 1 is 1.40 bits per heavy atom. The Morgan fingerprint density at radius 3 is 2.70 bits per heavy atom. The van der Waals surface area contributed by atoms with Crippen LogP contribution in [-0.4, -0.2) is 49.9 Å². The van der Waals surface area contributed by atoms with Crippen molar-refractivity contribution in [1.29, 1.82) is 0 Å². The smallest absolute Gasteiger partial charge is 0.119 e. The average molecular weight is 366 g/mol. The average Bonchev–Trinajstić information content (AvgIpc) is 2.47. The molecule has 0 saturated carbocycles. The number of rotatable bonds is 5. The first-order chi connectivity index (χ1) is 9.26. The third-order valence-corrected chi connectivity index (χ3v) is 4.28. The Kier molecular flexibility index (Phi) is 7.84. The van der Waals surface area contributed by atoms with Gasteiger partial charge in [-0.1, -0.05) is 15.9 Å². The summed E-state index contributed by atoms with van der Waals surface area (Å²) in [6.07, 6.45) is 0.742. The molecule has 1 aromatic carbocycles. The summed E-state index contributed by atoms with van der Waals surface area (Å²) in [7, 11) is 1.68. The molecule has 0 aliphatic carbocycles. The highest BCUT2D eigenvalue weighted by Gasteiger charge is 2.23. The van der Waals surface area contributed by atoms with Crippen LogP contribution in [-0.2, 0) is 0 Å². The van der Waals surface area contributed by atoms with Gasteiger partial charge >= 0.3 is 0 Å². The SMILES string of the molecule is COc1ccc(Br)c([C@@H](CCO)N2CCNCC2)c1.Cl. The highest BCUT2D eigenvalue weighted by molar-refractivity contribution is 9.10. The first-order valence-electron chi connectivity index (χ1n) is 6.65. The van der Waals surface area contributed by atoms with Crippen molar-refractivity contribution in [2.45, 2.75) is 12.5 Å². The summed E-state index contributed by atoms with van der Waals surface area (Å²) in [4.78, 5) is 2.42. The predicted molar refractivity (Wildman–Crippen MR) is 86.8 cm³/mol. The quantitative estimate of drug-likeness (QED) is 0.840. The van der Waals surface area contributed by atoms with Crippen LogP contribution in [0.4, 0.5) is 0 Å². The van der Waals surface area contributed by atoms with E-state index in [1.807, 2.05) is 12.1 Å². The molecule has 1 atom stereocenters. The van der Waals surface area contributed by atoms with Gasteiger partial charge in [-0.05, 0) is 30.2 Å². The number of aliphatic hydroxyl groups is 1. The molecule has 1 aromatic rings. The second kappa shape index (κ2) is 8.85. The van der Waals surface area contributed by atoms with Gasteiger partial charge in [0.15, 0.2) is 0 Å². The molecule has 2 N–H and O–H groups in total. The number of aliphatic hydroxyl groups excluding tert-OH is 1. The molecule has 0 aromatic heterocycles. The number of hydrogen-bond donors (Lipinski definition) is 2. The highest BCUT2D eigenvalue weighted by atomic mass is 79.9. The van der Waals surface area contributed by atoms with E-state index >= 15 is 0 Å². The van der Waals surface area contributed by atoms with E-state index in [1.54, 1.807) is 7.11 Å². The fraction of sp³-hybridized carbons (Fsp3) is 0.571. The summed E-state index contributed by atoms with van der Waals surface area (Å²) in [5.74, 6) is 0.858. The van der Waals surface area contributed by atoms with Gasteiger partial charge in [0.25, 0.3) is 0 Å². The van der Waals surface area contributed by atoms with E-state index < -0.39 is 0 Å². The molecular weight excluding hydrogens is 344 g/mol. The number of nitrogens with one attached hydrogen (secondary N) is 1. The third kappa shape index (κ3) is 4.33. The molecule has 0 spiro atoms. The van der Waals surface area contributed by atoms with Gasteiger partial charge in [-0.25, -0.2) is 0 Å². The summed E-state index contributed by atoms with van der Waals surface area (Å²) in [5, 5.41) is 12.7. The molecule has 6 heteroatoms. The van der Waals surface area contributed by atoms with Crippen molar-refractivity contribution in [1.82, 2.24) is 10.2 Å². The lowest BCUT2D eigenvalue weighted by Gasteiger charge is -2.35. The van der Waals surface area contributed by atoms with E-state index in [9.17, 15) is 5.11 Å². The maximum atomic E-state index is 9.36. The van der Waals surface area contributed by atoms with Crippen molar-refractivity contribution >= 4 is 28.3 Å². The minimum Gasteiger partial charge on any atom is -0.497 e. The lowest BCUT2D eigenvalue weighted by Crippen LogP contribution is -2.45. The molecule has 114 valence electrons. The van der Waals surface area contributed by atoms with Crippen LogP contribution in [0.25, 0.3) is 0 Å². The van der Waals surface area contributed by atoms with E-state index in [4.69, 9.17) is 4.74 Å². The summed E-state index contributed by atoms with van der Waals surface area (Å²) >= 11 is 3.62. The van der Waals surface area contributed by atoms with E-state index in [2.05, 4.69) is 32.2 Å². The van der Waals surface area contributed by atoms with E-state index in [-0.39, 0.29) is 25.1 Å². The van der Waals surface area contributed by atoms with E-state index in [0.717, 1.165) is 42.8 Å². The first kappa shape index (κ1) is 17.7. The molecule has 0 bridgehead atoms. The Balaban J connectivity index is 0.00000200. The molecule has 1 saturated heterocycles. The van der Waals surface area contributed by atoms with E-state index in [1.165, 1.54) is 5.56 Å². The Bertz CT molecular complexity index is 414. The molecule has 0 radical (unpaired) electrons.